The first-order valence-corrected chi connectivity index (χ1v) is 10.9. The van der Waals surface area contributed by atoms with Crippen molar-refractivity contribution in [1.29, 1.82) is 0 Å². The molecular weight excluding hydrogens is 392 g/mol. The molecule has 0 unspecified atom stereocenters. The maximum atomic E-state index is 12.7. The zero-order chi connectivity index (χ0) is 22.7. The Hall–Kier alpha value is -2.37. The van der Waals surface area contributed by atoms with Crippen LogP contribution in [0.1, 0.15) is 60.7 Å². The van der Waals surface area contributed by atoms with E-state index >= 15 is 0 Å². The summed E-state index contributed by atoms with van der Waals surface area (Å²) in [4.78, 5) is 12.7. The van der Waals surface area contributed by atoms with Crippen LogP contribution in [0.4, 0.5) is 0 Å². The Balaban J connectivity index is 1.85. The highest BCUT2D eigenvalue weighted by atomic mass is 16.6. The van der Waals surface area contributed by atoms with Crippen molar-refractivity contribution >= 4 is 5.97 Å². The second-order valence-corrected chi connectivity index (χ2v) is 8.46. The third-order valence-corrected chi connectivity index (χ3v) is 5.60. The quantitative estimate of drug-likeness (QED) is 0.308. The fourth-order valence-corrected chi connectivity index (χ4v) is 3.24. The second kappa shape index (κ2) is 12.5. The molecule has 0 atom stereocenters. The Morgan fingerprint density at radius 1 is 0.903 bits per heavy atom. The van der Waals surface area contributed by atoms with E-state index in [-0.39, 0.29) is 6.61 Å². The topological polar surface area (TPSA) is 54.0 Å². The molecule has 2 aromatic rings. The number of carbonyl (C=O) groups excluding carboxylic acids is 1. The van der Waals surface area contributed by atoms with Crippen LogP contribution < -0.4 is 4.74 Å². The molecule has 2 rings (SSSR count). The molecule has 5 nitrogen and oxygen atoms in total. The predicted octanol–water partition coefficient (Wildman–Crippen LogP) is 5.58. The van der Waals surface area contributed by atoms with Crippen molar-refractivity contribution in [3.8, 4) is 5.75 Å². The van der Waals surface area contributed by atoms with Crippen molar-refractivity contribution in [3.05, 3.63) is 64.7 Å². The summed E-state index contributed by atoms with van der Waals surface area (Å²) in [6, 6.07) is 13.8. The average Bonchev–Trinajstić information content (AvgIpc) is 2.77. The molecule has 2 aromatic carbocycles. The molecule has 0 saturated carbocycles. The van der Waals surface area contributed by atoms with Crippen LogP contribution >= 0.6 is 0 Å². The summed E-state index contributed by atoms with van der Waals surface area (Å²) in [7, 11) is 3.20. The van der Waals surface area contributed by atoms with Crippen molar-refractivity contribution in [3.63, 3.8) is 0 Å². The van der Waals surface area contributed by atoms with E-state index in [4.69, 9.17) is 18.9 Å². The minimum atomic E-state index is -0.391. The van der Waals surface area contributed by atoms with Gasteiger partial charge in [0.25, 0.3) is 0 Å². The SMILES string of the molecule is CCC(C)(C)CCc1ccc(OCCOC(=O)c2c(COC)cccc2COC)cc1. The molecule has 0 spiro atoms. The van der Waals surface area contributed by atoms with Gasteiger partial charge in [-0.2, -0.15) is 0 Å². The summed E-state index contributed by atoms with van der Waals surface area (Å²) in [6.45, 7) is 7.97. The lowest BCUT2D eigenvalue weighted by atomic mass is 9.84. The van der Waals surface area contributed by atoms with Crippen molar-refractivity contribution in [1.82, 2.24) is 0 Å². The Morgan fingerprint density at radius 3 is 2.06 bits per heavy atom. The lowest BCUT2D eigenvalue weighted by Crippen LogP contribution is -2.16. The number of carbonyl (C=O) groups is 1. The molecule has 0 aromatic heterocycles. The molecule has 0 fully saturated rings. The van der Waals surface area contributed by atoms with Crippen LogP contribution in [0.15, 0.2) is 42.5 Å². The highest BCUT2D eigenvalue weighted by molar-refractivity contribution is 5.92. The van der Waals surface area contributed by atoms with Gasteiger partial charge in [0, 0.05) is 14.2 Å². The van der Waals surface area contributed by atoms with Crippen LogP contribution in [0.25, 0.3) is 0 Å². The fourth-order valence-electron chi connectivity index (χ4n) is 3.24. The molecule has 0 N–H and O–H groups in total. The Morgan fingerprint density at radius 2 is 1.52 bits per heavy atom. The average molecular weight is 429 g/mol. The largest absolute Gasteiger partial charge is 0.490 e. The zero-order valence-electron chi connectivity index (χ0n) is 19.5. The van der Waals surface area contributed by atoms with Crippen LogP contribution in [0.5, 0.6) is 5.75 Å². The molecule has 5 heteroatoms. The highest BCUT2D eigenvalue weighted by Crippen LogP contribution is 2.27. The number of benzene rings is 2. The number of hydrogen-bond donors (Lipinski definition) is 0. The minimum absolute atomic E-state index is 0.166. The van der Waals surface area contributed by atoms with Gasteiger partial charge in [-0.1, -0.05) is 57.5 Å². The number of methoxy groups -OCH3 is 2. The van der Waals surface area contributed by atoms with Gasteiger partial charge in [0.2, 0.25) is 0 Å². The Labute approximate surface area is 186 Å². The summed E-state index contributed by atoms with van der Waals surface area (Å²) < 4.78 is 21.6. The first-order valence-electron chi connectivity index (χ1n) is 10.9. The summed E-state index contributed by atoms with van der Waals surface area (Å²) in [6.07, 6.45) is 3.40. The summed E-state index contributed by atoms with van der Waals surface area (Å²) >= 11 is 0. The number of aryl methyl sites for hydroxylation is 1. The molecule has 0 bridgehead atoms. The number of hydrogen-bond acceptors (Lipinski definition) is 5. The molecule has 0 aliphatic heterocycles. The standard InChI is InChI=1S/C26H36O5/c1-6-26(2,3)15-14-20-10-12-23(13-11-20)30-16-17-31-25(27)24-21(18-28-4)8-7-9-22(24)19-29-5/h7-13H,6,14-19H2,1-5H3. The lowest BCUT2D eigenvalue weighted by molar-refractivity contribution is 0.0441. The van der Waals surface area contributed by atoms with Gasteiger partial charge in [0.1, 0.15) is 19.0 Å². The first-order chi connectivity index (χ1) is 14.9. The highest BCUT2D eigenvalue weighted by Gasteiger charge is 2.18. The lowest BCUT2D eigenvalue weighted by Gasteiger charge is -2.22. The summed E-state index contributed by atoms with van der Waals surface area (Å²) in [5, 5.41) is 0. The zero-order valence-corrected chi connectivity index (χ0v) is 19.5. The van der Waals surface area contributed by atoms with Crippen LogP contribution in [0, 0.1) is 5.41 Å². The van der Waals surface area contributed by atoms with Crippen LogP contribution in [0.2, 0.25) is 0 Å². The summed E-state index contributed by atoms with van der Waals surface area (Å²) in [5.74, 6) is 0.381. The molecule has 0 heterocycles. The Bertz CT molecular complexity index is 787. The van der Waals surface area contributed by atoms with E-state index in [2.05, 4.69) is 32.9 Å². The monoisotopic (exact) mass is 428 g/mol. The first kappa shape index (κ1) is 24.9. The van der Waals surface area contributed by atoms with Gasteiger partial charge < -0.3 is 18.9 Å². The number of ether oxygens (including phenoxy) is 4. The predicted molar refractivity (Wildman–Crippen MR) is 122 cm³/mol. The van der Waals surface area contributed by atoms with Gasteiger partial charge in [-0.25, -0.2) is 4.79 Å². The van der Waals surface area contributed by atoms with Gasteiger partial charge in [-0.3, -0.25) is 0 Å². The number of esters is 1. The van der Waals surface area contributed by atoms with Gasteiger partial charge in [-0.05, 0) is 47.1 Å². The molecule has 0 aliphatic carbocycles. The molecule has 31 heavy (non-hydrogen) atoms. The normalized spacial score (nSPS) is 11.4. The van der Waals surface area contributed by atoms with Crippen molar-refractivity contribution in [2.75, 3.05) is 27.4 Å². The maximum Gasteiger partial charge on any atom is 0.338 e. The van der Waals surface area contributed by atoms with Gasteiger partial charge in [-0.15, -0.1) is 0 Å². The van der Waals surface area contributed by atoms with E-state index in [1.807, 2.05) is 30.3 Å². The van der Waals surface area contributed by atoms with Crippen LogP contribution in [-0.2, 0) is 33.8 Å². The van der Waals surface area contributed by atoms with E-state index in [9.17, 15) is 4.79 Å². The fraction of sp³-hybridized carbons (Fsp3) is 0.500. The van der Waals surface area contributed by atoms with Crippen LogP contribution in [-0.4, -0.2) is 33.4 Å². The van der Waals surface area contributed by atoms with E-state index in [0.717, 1.165) is 29.7 Å². The van der Waals surface area contributed by atoms with E-state index in [1.165, 1.54) is 12.0 Å². The third-order valence-electron chi connectivity index (χ3n) is 5.60. The van der Waals surface area contributed by atoms with Crippen LogP contribution in [0.3, 0.4) is 0 Å². The van der Waals surface area contributed by atoms with Crippen molar-refractivity contribution < 1.29 is 23.7 Å². The molecule has 170 valence electrons. The van der Waals surface area contributed by atoms with Gasteiger partial charge in [0.15, 0.2) is 0 Å². The van der Waals surface area contributed by atoms with E-state index < -0.39 is 5.97 Å². The van der Waals surface area contributed by atoms with Crippen molar-refractivity contribution in [2.24, 2.45) is 5.41 Å². The minimum Gasteiger partial charge on any atom is -0.490 e. The Kier molecular flexibility index (Phi) is 10.0. The van der Waals surface area contributed by atoms with Gasteiger partial charge in [0.05, 0.1) is 18.8 Å². The second-order valence-electron chi connectivity index (χ2n) is 8.46. The summed E-state index contributed by atoms with van der Waals surface area (Å²) in [5.41, 5.74) is 3.74. The smallest absolute Gasteiger partial charge is 0.338 e. The number of rotatable bonds is 13. The van der Waals surface area contributed by atoms with Gasteiger partial charge >= 0.3 is 5.97 Å². The van der Waals surface area contributed by atoms with Crippen molar-refractivity contribution in [2.45, 2.75) is 53.2 Å². The van der Waals surface area contributed by atoms with E-state index in [1.54, 1.807) is 14.2 Å². The molecule has 0 radical (unpaired) electrons. The third kappa shape index (κ3) is 8.00. The molecular formula is C26H36O5. The molecule has 0 saturated heterocycles. The maximum absolute atomic E-state index is 12.7. The molecule has 0 aliphatic rings. The van der Waals surface area contributed by atoms with E-state index in [0.29, 0.717) is 30.8 Å². The molecule has 0 amide bonds.